The number of aromatic nitrogens is 1. The van der Waals surface area contributed by atoms with Crippen LogP contribution in [0.1, 0.15) is 31.7 Å². The Morgan fingerprint density at radius 1 is 1.38 bits per heavy atom. The van der Waals surface area contributed by atoms with Crippen molar-refractivity contribution in [3.63, 3.8) is 0 Å². The number of aryl methyl sites for hydroxylation is 1. The molecule has 0 spiro atoms. The molecule has 2 heterocycles. The maximum absolute atomic E-state index is 10.0. The van der Waals surface area contributed by atoms with Crippen molar-refractivity contribution in [2.45, 2.75) is 38.7 Å². The molecule has 1 unspecified atom stereocenters. The van der Waals surface area contributed by atoms with Gasteiger partial charge in [-0.05, 0) is 44.7 Å². The first kappa shape index (κ1) is 11.4. The van der Waals surface area contributed by atoms with Crippen molar-refractivity contribution in [2.75, 3.05) is 18.0 Å². The summed E-state index contributed by atoms with van der Waals surface area (Å²) in [6.45, 7) is 5.99. The standard InChI is InChI=1S/C13H20N2O/c1-11-10-14-7-4-12(11)15-8-3-5-13(2,16)6-9-15/h4,7,10,16H,3,5-6,8-9H2,1-2H3. The van der Waals surface area contributed by atoms with Gasteiger partial charge in [-0.1, -0.05) is 0 Å². The monoisotopic (exact) mass is 220 g/mol. The van der Waals surface area contributed by atoms with Gasteiger partial charge in [0.15, 0.2) is 0 Å². The van der Waals surface area contributed by atoms with Crippen LogP contribution in [0.4, 0.5) is 5.69 Å². The van der Waals surface area contributed by atoms with E-state index < -0.39 is 5.60 Å². The first-order valence-electron chi connectivity index (χ1n) is 5.96. The highest BCUT2D eigenvalue weighted by Gasteiger charge is 2.25. The van der Waals surface area contributed by atoms with Gasteiger partial charge in [0.1, 0.15) is 0 Å². The highest BCUT2D eigenvalue weighted by atomic mass is 16.3. The smallest absolute Gasteiger partial charge is 0.0637 e. The summed E-state index contributed by atoms with van der Waals surface area (Å²) in [5.41, 5.74) is 1.98. The molecule has 3 nitrogen and oxygen atoms in total. The molecule has 88 valence electrons. The number of pyridine rings is 1. The molecule has 0 aromatic carbocycles. The maximum atomic E-state index is 10.0. The number of rotatable bonds is 1. The molecule has 1 aliphatic rings. The molecule has 1 atom stereocenters. The molecule has 1 aromatic rings. The van der Waals surface area contributed by atoms with Crippen molar-refractivity contribution in [3.8, 4) is 0 Å². The maximum Gasteiger partial charge on any atom is 0.0637 e. The number of nitrogens with zero attached hydrogens (tertiary/aromatic N) is 2. The van der Waals surface area contributed by atoms with Gasteiger partial charge >= 0.3 is 0 Å². The third-order valence-electron chi connectivity index (χ3n) is 3.40. The van der Waals surface area contributed by atoms with Crippen molar-refractivity contribution < 1.29 is 5.11 Å². The fraction of sp³-hybridized carbons (Fsp3) is 0.615. The highest BCUT2D eigenvalue weighted by molar-refractivity contribution is 5.51. The predicted molar refractivity (Wildman–Crippen MR) is 65.7 cm³/mol. The summed E-state index contributed by atoms with van der Waals surface area (Å²) in [5, 5.41) is 10.0. The second-order valence-electron chi connectivity index (χ2n) is 5.00. The number of hydrogen-bond acceptors (Lipinski definition) is 3. The number of anilines is 1. The van der Waals surface area contributed by atoms with E-state index in [9.17, 15) is 5.11 Å². The van der Waals surface area contributed by atoms with Gasteiger partial charge in [-0.25, -0.2) is 0 Å². The van der Waals surface area contributed by atoms with Gasteiger partial charge in [0.05, 0.1) is 5.60 Å². The van der Waals surface area contributed by atoms with Crippen LogP contribution < -0.4 is 4.90 Å². The fourth-order valence-corrected chi connectivity index (χ4v) is 2.33. The first-order chi connectivity index (χ1) is 7.58. The van der Waals surface area contributed by atoms with Gasteiger partial charge in [-0.15, -0.1) is 0 Å². The van der Waals surface area contributed by atoms with Crippen LogP contribution in [0, 0.1) is 6.92 Å². The van der Waals surface area contributed by atoms with Crippen LogP contribution in [0.2, 0.25) is 0 Å². The Hall–Kier alpha value is -1.09. The van der Waals surface area contributed by atoms with E-state index >= 15 is 0 Å². The van der Waals surface area contributed by atoms with E-state index in [2.05, 4.69) is 22.9 Å². The van der Waals surface area contributed by atoms with Crippen LogP contribution in [-0.2, 0) is 0 Å². The van der Waals surface area contributed by atoms with Gasteiger partial charge < -0.3 is 10.0 Å². The van der Waals surface area contributed by atoms with Gasteiger partial charge in [-0.3, -0.25) is 4.98 Å². The van der Waals surface area contributed by atoms with E-state index in [-0.39, 0.29) is 0 Å². The molecule has 1 aromatic heterocycles. The second-order valence-corrected chi connectivity index (χ2v) is 5.00. The molecule has 0 aliphatic carbocycles. The van der Waals surface area contributed by atoms with Crippen LogP contribution in [0.15, 0.2) is 18.5 Å². The van der Waals surface area contributed by atoms with E-state index in [0.717, 1.165) is 32.4 Å². The molecule has 0 bridgehead atoms. The zero-order valence-corrected chi connectivity index (χ0v) is 10.1. The molecular formula is C13H20N2O. The molecule has 0 amide bonds. The average Bonchev–Trinajstić information content (AvgIpc) is 2.40. The van der Waals surface area contributed by atoms with E-state index in [4.69, 9.17) is 0 Å². The lowest BCUT2D eigenvalue weighted by molar-refractivity contribution is 0.0481. The SMILES string of the molecule is Cc1cnccc1N1CCCC(C)(O)CC1. The van der Waals surface area contributed by atoms with Crippen molar-refractivity contribution in [1.82, 2.24) is 4.98 Å². The summed E-state index contributed by atoms with van der Waals surface area (Å²) < 4.78 is 0. The second kappa shape index (κ2) is 4.42. The number of aliphatic hydroxyl groups is 1. The summed E-state index contributed by atoms with van der Waals surface area (Å²) in [5.74, 6) is 0. The predicted octanol–water partition coefficient (Wildman–Crippen LogP) is 2.13. The third-order valence-corrected chi connectivity index (χ3v) is 3.40. The molecular weight excluding hydrogens is 200 g/mol. The average molecular weight is 220 g/mol. The van der Waals surface area contributed by atoms with Crippen LogP contribution >= 0.6 is 0 Å². The molecule has 1 aliphatic heterocycles. The minimum Gasteiger partial charge on any atom is -0.390 e. The largest absolute Gasteiger partial charge is 0.390 e. The Morgan fingerprint density at radius 3 is 2.94 bits per heavy atom. The lowest BCUT2D eigenvalue weighted by Crippen LogP contribution is -2.28. The normalized spacial score (nSPS) is 26.6. The quantitative estimate of drug-likeness (QED) is 0.787. The van der Waals surface area contributed by atoms with Gasteiger partial charge in [0, 0.05) is 31.2 Å². The summed E-state index contributed by atoms with van der Waals surface area (Å²) in [4.78, 5) is 6.48. The van der Waals surface area contributed by atoms with E-state index in [1.165, 1.54) is 11.3 Å². The molecule has 16 heavy (non-hydrogen) atoms. The molecule has 0 saturated carbocycles. The van der Waals surface area contributed by atoms with Crippen molar-refractivity contribution in [1.29, 1.82) is 0 Å². The lowest BCUT2D eigenvalue weighted by Gasteiger charge is -2.25. The zero-order chi connectivity index (χ0) is 11.6. The summed E-state index contributed by atoms with van der Waals surface area (Å²) >= 11 is 0. The van der Waals surface area contributed by atoms with Crippen LogP contribution in [-0.4, -0.2) is 28.8 Å². The zero-order valence-electron chi connectivity index (χ0n) is 10.1. The molecule has 2 rings (SSSR count). The van der Waals surface area contributed by atoms with Crippen LogP contribution in [0.3, 0.4) is 0 Å². The fourth-order valence-electron chi connectivity index (χ4n) is 2.33. The van der Waals surface area contributed by atoms with Gasteiger partial charge in [-0.2, -0.15) is 0 Å². The molecule has 0 radical (unpaired) electrons. The van der Waals surface area contributed by atoms with Crippen molar-refractivity contribution in [3.05, 3.63) is 24.0 Å². The molecule has 1 saturated heterocycles. The molecule has 1 fully saturated rings. The number of hydrogen-bond donors (Lipinski definition) is 1. The van der Waals surface area contributed by atoms with Crippen molar-refractivity contribution >= 4 is 5.69 Å². The van der Waals surface area contributed by atoms with E-state index in [1.54, 1.807) is 0 Å². The first-order valence-corrected chi connectivity index (χ1v) is 5.96. The Kier molecular flexibility index (Phi) is 3.15. The summed E-state index contributed by atoms with van der Waals surface area (Å²) in [6, 6.07) is 2.06. The Morgan fingerprint density at radius 2 is 2.19 bits per heavy atom. The summed E-state index contributed by atoms with van der Waals surface area (Å²) in [6.07, 6.45) is 6.53. The highest BCUT2D eigenvalue weighted by Crippen LogP contribution is 2.26. The minimum atomic E-state index is -0.490. The molecule has 3 heteroatoms. The Balaban J connectivity index is 2.14. The summed E-state index contributed by atoms with van der Waals surface area (Å²) in [7, 11) is 0. The van der Waals surface area contributed by atoms with Gasteiger partial charge in [0.25, 0.3) is 0 Å². The van der Waals surface area contributed by atoms with Crippen LogP contribution in [0.25, 0.3) is 0 Å². The van der Waals surface area contributed by atoms with Crippen LogP contribution in [0.5, 0.6) is 0 Å². The van der Waals surface area contributed by atoms with Gasteiger partial charge in [0.2, 0.25) is 0 Å². The minimum absolute atomic E-state index is 0.490. The molecule has 1 N–H and O–H groups in total. The van der Waals surface area contributed by atoms with E-state index in [0.29, 0.717) is 0 Å². The topological polar surface area (TPSA) is 36.4 Å². The van der Waals surface area contributed by atoms with Crippen molar-refractivity contribution in [2.24, 2.45) is 0 Å². The van der Waals surface area contributed by atoms with E-state index in [1.807, 2.05) is 19.3 Å². The lowest BCUT2D eigenvalue weighted by atomic mass is 9.98. The Labute approximate surface area is 97.1 Å². The Bertz CT molecular complexity index is 363. The third kappa shape index (κ3) is 2.53.